The van der Waals surface area contributed by atoms with Crippen molar-refractivity contribution in [3.8, 4) is 5.75 Å². The lowest BCUT2D eigenvalue weighted by molar-refractivity contribution is -0.141. The molecule has 3 rings (SSSR count). The van der Waals surface area contributed by atoms with E-state index < -0.39 is 17.8 Å². The molecule has 0 saturated carbocycles. The molecule has 0 aliphatic rings. The molecule has 4 N–H and O–H groups in total. The van der Waals surface area contributed by atoms with Gasteiger partial charge in [-0.15, -0.1) is 0 Å². The van der Waals surface area contributed by atoms with Crippen molar-refractivity contribution in [3.05, 3.63) is 64.8 Å². The van der Waals surface area contributed by atoms with Crippen LogP contribution in [0.5, 0.6) is 5.75 Å². The maximum Gasteiger partial charge on any atom is 0.433 e. The highest BCUT2D eigenvalue weighted by Crippen LogP contribution is 2.32. The Hall–Kier alpha value is -3.57. The Morgan fingerprint density at radius 3 is 2.33 bits per heavy atom. The van der Waals surface area contributed by atoms with Crippen LogP contribution in [0.1, 0.15) is 25.1 Å². The maximum absolute atomic E-state index is 13.5. The van der Waals surface area contributed by atoms with Gasteiger partial charge < -0.3 is 21.1 Å². The molecule has 0 aliphatic carbocycles. The summed E-state index contributed by atoms with van der Waals surface area (Å²) in [6.45, 7) is 6.39. The minimum atomic E-state index is -4.71. The summed E-state index contributed by atoms with van der Waals surface area (Å²) in [4.78, 5) is 13.7. The number of hydrogen-bond acceptors (Lipinski definition) is 6. The Balaban J connectivity index is 1.91. The van der Waals surface area contributed by atoms with Gasteiger partial charge in [0.25, 0.3) is 5.95 Å². The van der Waals surface area contributed by atoms with E-state index in [2.05, 4.69) is 30.5 Å². The first-order valence-corrected chi connectivity index (χ1v) is 11.5. The van der Waals surface area contributed by atoms with Gasteiger partial charge in [0.1, 0.15) is 11.6 Å². The quantitative estimate of drug-likeness (QED) is 0.241. The van der Waals surface area contributed by atoms with Crippen LogP contribution in [-0.4, -0.2) is 41.0 Å². The summed E-state index contributed by atoms with van der Waals surface area (Å²) in [7, 11) is 1.57. The monoisotopic (exact) mass is 521 g/mol. The minimum absolute atomic E-state index is 0.0886. The van der Waals surface area contributed by atoms with Crippen LogP contribution in [0.4, 0.5) is 36.3 Å². The smallest absolute Gasteiger partial charge is 0.433 e. The molecule has 192 valence electrons. The highest BCUT2D eigenvalue weighted by Gasteiger charge is 2.34. The van der Waals surface area contributed by atoms with Gasteiger partial charge in [0.15, 0.2) is 5.69 Å². The summed E-state index contributed by atoms with van der Waals surface area (Å²) in [5, 5.41) is 6.20. The zero-order valence-corrected chi connectivity index (χ0v) is 20.8. The van der Waals surface area contributed by atoms with E-state index in [1.807, 2.05) is 19.9 Å². The van der Waals surface area contributed by atoms with E-state index in [0.29, 0.717) is 28.7 Å². The molecule has 12 heteroatoms. The van der Waals surface area contributed by atoms with E-state index >= 15 is 0 Å². The van der Waals surface area contributed by atoms with Crippen LogP contribution in [0.15, 0.2) is 53.5 Å². The second kappa shape index (κ2) is 11.9. The molecule has 8 nitrogen and oxygen atoms in total. The number of halogens is 4. The van der Waals surface area contributed by atoms with Crippen molar-refractivity contribution in [3.63, 3.8) is 0 Å². The molecule has 3 aromatic rings. The van der Waals surface area contributed by atoms with Crippen molar-refractivity contribution < 1.29 is 17.9 Å². The molecule has 0 atom stereocenters. The number of alkyl halides is 3. The molecule has 0 amide bonds. The highest BCUT2D eigenvalue weighted by atomic mass is 35.5. The number of nitrogens with zero attached hydrogens (tertiary/aromatic N) is 4. The number of nitrogens with two attached hydrogens (primary N) is 1. The van der Waals surface area contributed by atoms with Gasteiger partial charge in [0.05, 0.1) is 7.11 Å². The van der Waals surface area contributed by atoms with Crippen molar-refractivity contribution in [2.75, 3.05) is 30.8 Å². The maximum atomic E-state index is 13.5. The largest absolute Gasteiger partial charge is 0.496 e. The van der Waals surface area contributed by atoms with Gasteiger partial charge in [-0.2, -0.15) is 23.1 Å². The first kappa shape index (κ1) is 27.0. The summed E-state index contributed by atoms with van der Waals surface area (Å²) < 4.78 is 46.1. The SMILES string of the molecule is CCN(CC)Cc1cc(Nc2cc(C(F)(F)F)nc(/N=C(\N)Nc3ccc(Cl)cc3)n2)ccc1OC. The number of anilines is 3. The molecule has 1 aromatic heterocycles. The van der Waals surface area contributed by atoms with Gasteiger partial charge in [-0.3, -0.25) is 4.90 Å². The number of nitrogens with one attached hydrogen (secondary N) is 2. The third-order valence-corrected chi connectivity index (χ3v) is 5.44. The van der Waals surface area contributed by atoms with Gasteiger partial charge in [0.2, 0.25) is 5.96 Å². The van der Waals surface area contributed by atoms with Gasteiger partial charge in [-0.25, -0.2) is 4.98 Å². The van der Waals surface area contributed by atoms with E-state index in [1.165, 1.54) is 0 Å². The van der Waals surface area contributed by atoms with Gasteiger partial charge in [0, 0.05) is 34.6 Å². The number of aromatic nitrogens is 2. The predicted octanol–water partition coefficient (Wildman–Crippen LogP) is 5.80. The lowest BCUT2D eigenvalue weighted by Crippen LogP contribution is -2.22. The summed E-state index contributed by atoms with van der Waals surface area (Å²) in [5.41, 5.74) is 6.67. The third-order valence-electron chi connectivity index (χ3n) is 5.18. The van der Waals surface area contributed by atoms with Crippen molar-refractivity contribution in [2.45, 2.75) is 26.6 Å². The van der Waals surface area contributed by atoms with Gasteiger partial charge >= 0.3 is 6.18 Å². The van der Waals surface area contributed by atoms with Crippen molar-refractivity contribution in [2.24, 2.45) is 10.7 Å². The second-order valence-electron chi connectivity index (χ2n) is 7.68. The molecular weight excluding hydrogens is 495 g/mol. The lowest BCUT2D eigenvalue weighted by atomic mass is 10.1. The number of ether oxygens (including phenoxy) is 1. The van der Waals surface area contributed by atoms with Crippen molar-refractivity contribution >= 4 is 40.7 Å². The third kappa shape index (κ3) is 7.46. The van der Waals surface area contributed by atoms with Crippen molar-refractivity contribution in [1.29, 1.82) is 0 Å². The van der Waals surface area contributed by atoms with Crippen LogP contribution < -0.4 is 21.1 Å². The van der Waals surface area contributed by atoms with E-state index in [-0.39, 0.29) is 11.8 Å². The zero-order chi connectivity index (χ0) is 26.3. The molecule has 1 heterocycles. The fourth-order valence-corrected chi connectivity index (χ4v) is 3.45. The summed E-state index contributed by atoms with van der Waals surface area (Å²) >= 11 is 5.86. The number of guanidine groups is 1. The Morgan fingerprint density at radius 1 is 1.06 bits per heavy atom. The number of benzene rings is 2. The van der Waals surface area contributed by atoms with Crippen LogP contribution in [-0.2, 0) is 12.7 Å². The second-order valence-corrected chi connectivity index (χ2v) is 8.11. The van der Waals surface area contributed by atoms with E-state index in [4.69, 9.17) is 22.1 Å². The Morgan fingerprint density at radius 2 is 1.72 bits per heavy atom. The zero-order valence-electron chi connectivity index (χ0n) is 20.0. The minimum Gasteiger partial charge on any atom is -0.496 e. The van der Waals surface area contributed by atoms with Crippen LogP contribution in [0, 0.1) is 0 Å². The molecule has 0 spiro atoms. The van der Waals surface area contributed by atoms with Gasteiger partial charge in [-0.1, -0.05) is 25.4 Å². The number of rotatable bonds is 9. The molecule has 0 unspecified atom stereocenters. The average Bonchev–Trinajstić information content (AvgIpc) is 2.83. The van der Waals surface area contributed by atoms with E-state index in [1.54, 1.807) is 43.5 Å². The molecule has 36 heavy (non-hydrogen) atoms. The van der Waals surface area contributed by atoms with Crippen molar-refractivity contribution in [1.82, 2.24) is 14.9 Å². The Kier molecular flexibility index (Phi) is 8.94. The molecule has 0 bridgehead atoms. The number of aliphatic imine (C=N–C) groups is 1. The Bertz CT molecular complexity index is 1200. The Labute approximate surface area is 212 Å². The first-order valence-electron chi connectivity index (χ1n) is 11.1. The van der Waals surface area contributed by atoms with E-state index in [9.17, 15) is 13.2 Å². The predicted molar refractivity (Wildman–Crippen MR) is 136 cm³/mol. The van der Waals surface area contributed by atoms with Crippen LogP contribution in [0.3, 0.4) is 0 Å². The fourth-order valence-electron chi connectivity index (χ4n) is 3.33. The number of hydrogen-bond donors (Lipinski definition) is 3. The molecule has 0 saturated heterocycles. The first-order chi connectivity index (χ1) is 17.1. The standard InChI is InChI=1S/C24H27ClF3N7O/c1-4-35(5-2)14-15-12-18(10-11-19(15)36-3)30-21-13-20(24(26,27)28)32-23(33-21)34-22(29)31-17-8-6-16(25)7-9-17/h6-13H,4-5,14H2,1-3H3,(H4,29,30,31,32,33,34). The topological polar surface area (TPSA) is 101 Å². The summed E-state index contributed by atoms with van der Waals surface area (Å²) in [6.07, 6.45) is -4.71. The summed E-state index contributed by atoms with van der Waals surface area (Å²) in [5.74, 6) is -0.0523. The van der Waals surface area contributed by atoms with E-state index in [0.717, 1.165) is 24.7 Å². The fraction of sp³-hybridized carbons (Fsp3) is 0.292. The van der Waals surface area contributed by atoms with Gasteiger partial charge in [-0.05, 0) is 55.6 Å². The molecular formula is C24H27ClF3N7O. The molecule has 0 aliphatic heterocycles. The van der Waals surface area contributed by atoms with Crippen LogP contribution >= 0.6 is 11.6 Å². The normalized spacial score (nSPS) is 12.1. The lowest BCUT2D eigenvalue weighted by Gasteiger charge is -2.20. The molecule has 0 radical (unpaired) electrons. The average molecular weight is 522 g/mol. The number of methoxy groups -OCH3 is 1. The highest BCUT2D eigenvalue weighted by molar-refractivity contribution is 6.30. The van der Waals surface area contributed by atoms with Crippen LogP contribution in [0.25, 0.3) is 0 Å². The molecule has 2 aromatic carbocycles. The summed E-state index contributed by atoms with van der Waals surface area (Å²) in [6, 6.07) is 12.6. The molecule has 0 fully saturated rings. The van der Waals surface area contributed by atoms with Crippen LogP contribution in [0.2, 0.25) is 5.02 Å².